The van der Waals surface area contributed by atoms with Crippen molar-refractivity contribution in [2.45, 2.75) is 44.3 Å². The maximum Gasteiger partial charge on any atom is 0.222 e. The third-order valence-electron chi connectivity index (χ3n) is 6.08. The van der Waals surface area contributed by atoms with Crippen LogP contribution in [-0.2, 0) is 16.0 Å². The van der Waals surface area contributed by atoms with Gasteiger partial charge in [-0.2, -0.15) is 0 Å². The highest BCUT2D eigenvalue weighted by Crippen LogP contribution is 2.50. The molecule has 0 bridgehead atoms. The molecule has 2 fully saturated rings. The molecule has 1 amide bonds. The zero-order valence-electron chi connectivity index (χ0n) is 14.6. The van der Waals surface area contributed by atoms with E-state index >= 15 is 0 Å². The molecule has 0 radical (unpaired) electrons. The molecule has 1 aliphatic carbocycles. The number of amides is 1. The van der Waals surface area contributed by atoms with Crippen LogP contribution in [0.15, 0.2) is 30.6 Å². The van der Waals surface area contributed by atoms with Crippen LogP contribution in [0.1, 0.15) is 31.4 Å². The number of aryl methyl sites for hydroxylation is 1. The van der Waals surface area contributed by atoms with Gasteiger partial charge in [0.25, 0.3) is 0 Å². The number of nitrogens with zero attached hydrogens (tertiary/aromatic N) is 3. The minimum absolute atomic E-state index is 0.132. The Kier molecular flexibility index (Phi) is 4.25. The van der Waals surface area contributed by atoms with Crippen molar-refractivity contribution in [1.82, 2.24) is 14.3 Å². The lowest BCUT2D eigenvalue weighted by Crippen LogP contribution is -2.62. The van der Waals surface area contributed by atoms with E-state index in [0.29, 0.717) is 25.9 Å². The van der Waals surface area contributed by atoms with Crippen molar-refractivity contribution in [1.29, 1.82) is 0 Å². The number of aromatic nitrogens is 2. The highest BCUT2D eigenvalue weighted by Gasteiger charge is 2.56. The van der Waals surface area contributed by atoms with Crippen LogP contribution in [0.3, 0.4) is 0 Å². The molecule has 134 valence electrons. The SMILES string of the molecule is CO[C@@H]1C[C@H](O)C12CCN(C(=O)CCc1cn3ccccc3n1)CC2. The van der Waals surface area contributed by atoms with Gasteiger partial charge in [-0.05, 0) is 31.4 Å². The molecule has 6 nitrogen and oxygen atoms in total. The lowest BCUT2D eigenvalue weighted by molar-refractivity contribution is -0.202. The van der Waals surface area contributed by atoms with E-state index in [9.17, 15) is 9.90 Å². The van der Waals surface area contributed by atoms with Crippen molar-refractivity contribution < 1.29 is 14.6 Å². The summed E-state index contributed by atoms with van der Waals surface area (Å²) in [6.07, 6.45) is 7.32. The highest BCUT2D eigenvalue weighted by molar-refractivity contribution is 5.76. The Bertz CT molecular complexity index is 731. The first-order chi connectivity index (χ1) is 12.1. The molecule has 1 aliphatic heterocycles. The third-order valence-corrected chi connectivity index (χ3v) is 6.08. The Labute approximate surface area is 147 Å². The standard InChI is InChI=1S/C19H25N3O3/c1-25-16-12-15(23)19(16)7-10-21(11-8-19)18(24)6-5-14-13-22-9-3-2-4-17(22)20-14/h2-4,9,13,15-16,23H,5-8,10-12H2,1H3/t15-,16+/m0/s1. The first kappa shape index (κ1) is 16.5. The van der Waals surface area contributed by atoms with Gasteiger partial charge in [-0.1, -0.05) is 6.07 Å². The molecule has 4 rings (SSSR count). The van der Waals surface area contributed by atoms with Gasteiger partial charge in [0.1, 0.15) is 5.65 Å². The molecule has 25 heavy (non-hydrogen) atoms. The minimum Gasteiger partial charge on any atom is -0.392 e. The minimum atomic E-state index is -0.285. The number of hydrogen-bond acceptors (Lipinski definition) is 4. The number of likely N-dealkylation sites (tertiary alicyclic amines) is 1. The van der Waals surface area contributed by atoms with Gasteiger partial charge in [-0.15, -0.1) is 0 Å². The summed E-state index contributed by atoms with van der Waals surface area (Å²) in [5, 5.41) is 10.2. The first-order valence-corrected chi connectivity index (χ1v) is 9.03. The fourth-order valence-electron chi connectivity index (χ4n) is 4.39. The van der Waals surface area contributed by atoms with E-state index in [1.54, 1.807) is 7.11 Å². The normalized spacial score (nSPS) is 25.3. The number of pyridine rings is 1. The van der Waals surface area contributed by atoms with Crippen LogP contribution in [-0.4, -0.2) is 57.7 Å². The molecular formula is C19H25N3O3. The number of ether oxygens (including phenoxy) is 1. The average molecular weight is 343 g/mol. The number of carbonyl (C=O) groups is 1. The van der Waals surface area contributed by atoms with Crippen LogP contribution in [0, 0.1) is 5.41 Å². The molecule has 1 N–H and O–H groups in total. The van der Waals surface area contributed by atoms with E-state index in [-0.39, 0.29) is 23.5 Å². The largest absolute Gasteiger partial charge is 0.392 e. The quantitative estimate of drug-likeness (QED) is 0.917. The number of hydrogen-bond donors (Lipinski definition) is 1. The lowest BCUT2D eigenvalue weighted by Gasteiger charge is -2.56. The molecule has 0 aromatic carbocycles. The van der Waals surface area contributed by atoms with E-state index in [0.717, 1.165) is 30.6 Å². The lowest BCUT2D eigenvalue weighted by atomic mass is 9.58. The summed E-state index contributed by atoms with van der Waals surface area (Å²) >= 11 is 0. The van der Waals surface area contributed by atoms with Crippen molar-refractivity contribution >= 4 is 11.6 Å². The van der Waals surface area contributed by atoms with Crippen LogP contribution in [0.4, 0.5) is 0 Å². The monoisotopic (exact) mass is 343 g/mol. The van der Waals surface area contributed by atoms with E-state index in [1.165, 1.54) is 0 Å². The average Bonchev–Trinajstić information content (AvgIpc) is 3.07. The zero-order chi connectivity index (χ0) is 17.4. The molecule has 1 spiro atoms. The Balaban J connectivity index is 1.32. The number of imidazole rings is 1. The molecule has 2 atom stereocenters. The van der Waals surface area contributed by atoms with E-state index in [1.807, 2.05) is 39.9 Å². The molecule has 3 heterocycles. The summed E-state index contributed by atoms with van der Waals surface area (Å²) < 4.78 is 7.49. The van der Waals surface area contributed by atoms with Gasteiger partial charge in [-0.25, -0.2) is 4.98 Å². The number of aliphatic hydroxyl groups excluding tert-OH is 1. The van der Waals surface area contributed by atoms with Gasteiger partial charge in [0, 0.05) is 50.8 Å². The van der Waals surface area contributed by atoms with E-state index < -0.39 is 0 Å². The van der Waals surface area contributed by atoms with Crippen molar-refractivity contribution in [2.24, 2.45) is 5.41 Å². The summed E-state index contributed by atoms with van der Waals surface area (Å²) in [5.74, 6) is 0.176. The number of rotatable bonds is 4. The zero-order valence-corrected chi connectivity index (χ0v) is 14.6. The number of carbonyl (C=O) groups excluding carboxylic acids is 1. The molecule has 2 aromatic rings. The van der Waals surface area contributed by atoms with Crippen LogP contribution in [0.2, 0.25) is 0 Å². The molecule has 0 unspecified atom stereocenters. The number of piperidine rings is 1. The van der Waals surface area contributed by atoms with Crippen LogP contribution in [0.25, 0.3) is 5.65 Å². The predicted molar refractivity (Wildman–Crippen MR) is 93.2 cm³/mol. The van der Waals surface area contributed by atoms with Crippen LogP contribution < -0.4 is 0 Å². The number of fused-ring (bicyclic) bond motifs is 1. The van der Waals surface area contributed by atoms with Crippen LogP contribution >= 0.6 is 0 Å². The molecule has 1 saturated carbocycles. The second-order valence-electron chi connectivity index (χ2n) is 7.29. The van der Waals surface area contributed by atoms with Gasteiger partial charge in [0.05, 0.1) is 17.9 Å². The highest BCUT2D eigenvalue weighted by atomic mass is 16.5. The second kappa shape index (κ2) is 6.42. The van der Waals surface area contributed by atoms with Gasteiger partial charge in [0.2, 0.25) is 5.91 Å². The molecular weight excluding hydrogens is 318 g/mol. The number of aliphatic hydroxyl groups is 1. The molecule has 2 aromatic heterocycles. The number of methoxy groups -OCH3 is 1. The van der Waals surface area contributed by atoms with Gasteiger partial charge < -0.3 is 19.1 Å². The molecule has 2 aliphatic rings. The second-order valence-corrected chi connectivity index (χ2v) is 7.29. The third kappa shape index (κ3) is 2.83. The summed E-state index contributed by atoms with van der Waals surface area (Å²) in [6, 6.07) is 5.89. The fourth-order valence-corrected chi connectivity index (χ4v) is 4.39. The van der Waals surface area contributed by atoms with Crippen LogP contribution in [0.5, 0.6) is 0 Å². The maximum atomic E-state index is 12.5. The van der Waals surface area contributed by atoms with Crippen molar-refractivity contribution in [3.63, 3.8) is 0 Å². The maximum absolute atomic E-state index is 12.5. The Morgan fingerprint density at radius 1 is 1.40 bits per heavy atom. The van der Waals surface area contributed by atoms with Crippen molar-refractivity contribution in [2.75, 3.05) is 20.2 Å². The summed E-state index contributed by atoms with van der Waals surface area (Å²) in [7, 11) is 1.71. The van der Waals surface area contributed by atoms with Gasteiger partial charge >= 0.3 is 0 Å². The Hall–Kier alpha value is -1.92. The summed E-state index contributed by atoms with van der Waals surface area (Å²) in [6.45, 7) is 1.42. The topological polar surface area (TPSA) is 67.1 Å². The molecule has 6 heteroatoms. The Morgan fingerprint density at radius 2 is 2.20 bits per heavy atom. The van der Waals surface area contributed by atoms with Gasteiger partial charge in [0.15, 0.2) is 0 Å². The Morgan fingerprint density at radius 3 is 2.88 bits per heavy atom. The predicted octanol–water partition coefficient (Wildman–Crippen LogP) is 1.66. The van der Waals surface area contributed by atoms with E-state index in [2.05, 4.69) is 4.98 Å². The van der Waals surface area contributed by atoms with Crippen molar-refractivity contribution in [3.05, 3.63) is 36.3 Å². The first-order valence-electron chi connectivity index (χ1n) is 9.03. The summed E-state index contributed by atoms with van der Waals surface area (Å²) in [5.41, 5.74) is 1.73. The van der Waals surface area contributed by atoms with Gasteiger partial charge in [-0.3, -0.25) is 4.79 Å². The van der Waals surface area contributed by atoms with Crippen molar-refractivity contribution in [3.8, 4) is 0 Å². The smallest absolute Gasteiger partial charge is 0.222 e. The summed E-state index contributed by atoms with van der Waals surface area (Å²) in [4.78, 5) is 19.0. The fraction of sp³-hybridized carbons (Fsp3) is 0.579. The van der Waals surface area contributed by atoms with E-state index in [4.69, 9.17) is 4.74 Å². The molecule has 1 saturated heterocycles.